The second-order valence-corrected chi connectivity index (χ2v) is 5.07. The molecule has 0 saturated carbocycles. The van der Waals surface area contributed by atoms with Crippen LogP contribution in [0.2, 0.25) is 0 Å². The molecule has 1 aliphatic heterocycles. The smallest absolute Gasteiger partial charge is 0.321 e. The molecule has 0 aromatic heterocycles. The number of fused-ring (bicyclic) bond motifs is 1. The minimum absolute atomic E-state index is 0.127. The number of carbonyl (C=O) groups excluding carboxylic acids is 1. The van der Waals surface area contributed by atoms with Gasteiger partial charge in [0, 0.05) is 13.1 Å². The van der Waals surface area contributed by atoms with Crippen LogP contribution in [-0.2, 0) is 22.6 Å². The van der Waals surface area contributed by atoms with Gasteiger partial charge in [0.2, 0.25) is 5.91 Å². The van der Waals surface area contributed by atoms with Gasteiger partial charge in [-0.05, 0) is 31.4 Å². The Morgan fingerprint density at radius 2 is 2.05 bits per heavy atom. The number of rotatable bonds is 4. The first-order valence-electron chi connectivity index (χ1n) is 6.87. The van der Waals surface area contributed by atoms with Crippen molar-refractivity contribution in [3.05, 3.63) is 35.4 Å². The van der Waals surface area contributed by atoms with Crippen LogP contribution in [0.3, 0.4) is 0 Å². The highest BCUT2D eigenvalue weighted by Crippen LogP contribution is 2.25. The molecule has 20 heavy (non-hydrogen) atoms. The standard InChI is InChI=1S/C15H20N2O3/c1-3-16-14(18)10(2)17-9-12-7-5-4-6-11(12)8-13(17)15(19)20/h4-7,10,13H,3,8-9H2,1-2H3,(H,16,18)(H,19,20)/t10?,13-/m0/s1. The second kappa shape index (κ2) is 6.05. The van der Waals surface area contributed by atoms with E-state index >= 15 is 0 Å². The molecule has 0 bridgehead atoms. The van der Waals surface area contributed by atoms with Gasteiger partial charge in [-0.2, -0.15) is 0 Å². The number of carbonyl (C=O) groups is 2. The number of amides is 1. The normalized spacial score (nSPS) is 20.0. The van der Waals surface area contributed by atoms with Gasteiger partial charge < -0.3 is 10.4 Å². The topological polar surface area (TPSA) is 69.6 Å². The Balaban J connectivity index is 2.26. The van der Waals surface area contributed by atoms with Gasteiger partial charge in [-0.15, -0.1) is 0 Å². The van der Waals surface area contributed by atoms with E-state index in [9.17, 15) is 14.7 Å². The fourth-order valence-corrected chi connectivity index (χ4v) is 2.65. The zero-order chi connectivity index (χ0) is 14.7. The molecule has 108 valence electrons. The number of nitrogens with zero attached hydrogens (tertiary/aromatic N) is 1. The van der Waals surface area contributed by atoms with Crippen molar-refractivity contribution in [1.29, 1.82) is 0 Å². The van der Waals surface area contributed by atoms with Gasteiger partial charge in [0.05, 0.1) is 6.04 Å². The van der Waals surface area contributed by atoms with Crippen LogP contribution in [0.15, 0.2) is 24.3 Å². The van der Waals surface area contributed by atoms with E-state index in [1.165, 1.54) is 0 Å². The molecule has 2 N–H and O–H groups in total. The van der Waals surface area contributed by atoms with Crippen molar-refractivity contribution in [2.75, 3.05) is 6.54 Å². The van der Waals surface area contributed by atoms with E-state index in [0.717, 1.165) is 11.1 Å². The van der Waals surface area contributed by atoms with Crippen molar-refractivity contribution in [3.8, 4) is 0 Å². The summed E-state index contributed by atoms with van der Waals surface area (Å²) in [5, 5.41) is 12.2. The molecule has 0 radical (unpaired) electrons. The lowest BCUT2D eigenvalue weighted by molar-refractivity contribution is -0.146. The summed E-state index contributed by atoms with van der Waals surface area (Å²) in [6, 6.07) is 6.70. The molecule has 2 rings (SSSR count). The minimum Gasteiger partial charge on any atom is -0.480 e. The first-order chi connectivity index (χ1) is 9.54. The second-order valence-electron chi connectivity index (χ2n) is 5.07. The average molecular weight is 276 g/mol. The number of hydrogen-bond acceptors (Lipinski definition) is 3. The van der Waals surface area contributed by atoms with Gasteiger partial charge in [-0.25, -0.2) is 0 Å². The summed E-state index contributed by atoms with van der Waals surface area (Å²) in [6.07, 6.45) is 0.440. The maximum atomic E-state index is 12.0. The zero-order valence-corrected chi connectivity index (χ0v) is 11.8. The fraction of sp³-hybridized carbons (Fsp3) is 0.467. The van der Waals surface area contributed by atoms with Crippen LogP contribution in [0, 0.1) is 0 Å². The van der Waals surface area contributed by atoms with Gasteiger partial charge in [0.15, 0.2) is 0 Å². The summed E-state index contributed by atoms with van der Waals surface area (Å²) in [5.41, 5.74) is 2.15. The summed E-state index contributed by atoms with van der Waals surface area (Å²) in [5.74, 6) is -1.01. The van der Waals surface area contributed by atoms with Crippen molar-refractivity contribution in [1.82, 2.24) is 10.2 Å². The van der Waals surface area contributed by atoms with Gasteiger partial charge in [-0.3, -0.25) is 14.5 Å². The summed E-state index contributed by atoms with van der Waals surface area (Å²) in [6.45, 7) is 4.65. The predicted octanol–water partition coefficient (Wildman–Crippen LogP) is 1.02. The lowest BCUT2D eigenvalue weighted by atomic mass is 9.92. The number of hydrogen-bond donors (Lipinski definition) is 2. The summed E-state index contributed by atoms with van der Waals surface area (Å²) in [4.78, 5) is 25.2. The molecular formula is C15H20N2O3. The SMILES string of the molecule is CCNC(=O)C(C)N1Cc2ccccc2C[C@H]1C(=O)O. The Morgan fingerprint density at radius 3 is 2.65 bits per heavy atom. The Labute approximate surface area is 118 Å². The van der Waals surface area contributed by atoms with Crippen molar-refractivity contribution >= 4 is 11.9 Å². The lowest BCUT2D eigenvalue weighted by Crippen LogP contribution is -2.54. The summed E-state index contributed by atoms with van der Waals surface area (Å²) < 4.78 is 0. The van der Waals surface area contributed by atoms with Crippen LogP contribution in [-0.4, -0.2) is 40.5 Å². The van der Waals surface area contributed by atoms with Gasteiger partial charge in [-0.1, -0.05) is 24.3 Å². The highest BCUT2D eigenvalue weighted by Gasteiger charge is 2.36. The molecule has 0 fully saturated rings. The number of carboxylic acids is 1. The molecule has 1 unspecified atom stereocenters. The lowest BCUT2D eigenvalue weighted by Gasteiger charge is -2.37. The first kappa shape index (κ1) is 14.5. The number of benzene rings is 1. The third-order valence-electron chi connectivity index (χ3n) is 3.80. The van der Waals surface area contributed by atoms with E-state index < -0.39 is 18.1 Å². The van der Waals surface area contributed by atoms with Crippen LogP contribution in [0.4, 0.5) is 0 Å². The average Bonchev–Trinajstić information content (AvgIpc) is 2.45. The van der Waals surface area contributed by atoms with Crippen molar-refractivity contribution in [2.24, 2.45) is 0 Å². The molecule has 1 aromatic rings. The third-order valence-corrected chi connectivity index (χ3v) is 3.80. The van der Waals surface area contributed by atoms with E-state index in [1.807, 2.05) is 31.2 Å². The number of carboxylic acid groups (broad SMARTS) is 1. The molecule has 1 amide bonds. The maximum absolute atomic E-state index is 12.0. The Kier molecular flexibility index (Phi) is 4.39. The number of likely N-dealkylation sites (N-methyl/N-ethyl adjacent to an activating group) is 1. The minimum atomic E-state index is -0.879. The molecular weight excluding hydrogens is 256 g/mol. The molecule has 1 aliphatic rings. The van der Waals surface area contributed by atoms with Crippen LogP contribution in [0.25, 0.3) is 0 Å². The van der Waals surface area contributed by atoms with Gasteiger partial charge in [0.25, 0.3) is 0 Å². The molecule has 0 spiro atoms. The quantitative estimate of drug-likeness (QED) is 0.861. The number of nitrogens with one attached hydrogen (secondary N) is 1. The van der Waals surface area contributed by atoms with E-state index in [2.05, 4.69) is 5.32 Å². The molecule has 1 aromatic carbocycles. The van der Waals surface area contributed by atoms with E-state index in [-0.39, 0.29) is 5.91 Å². The molecule has 5 heteroatoms. The third kappa shape index (κ3) is 2.82. The van der Waals surface area contributed by atoms with Crippen molar-refractivity contribution in [2.45, 2.75) is 38.9 Å². The van der Waals surface area contributed by atoms with Crippen LogP contribution >= 0.6 is 0 Å². The zero-order valence-electron chi connectivity index (χ0n) is 11.8. The van der Waals surface area contributed by atoms with Gasteiger partial charge >= 0.3 is 5.97 Å². The van der Waals surface area contributed by atoms with Crippen molar-refractivity contribution < 1.29 is 14.7 Å². The van der Waals surface area contributed by atoms with E-state index in [0.29, 0.717) is 19.5 Å². The Hall–Kier alpha value is -1.88. The highest BCUT2D eigenvalue weighted by atomic mass is 16.4. The first-order valence-corrected chi connectivity index (χ1v) is 6.87. The largest absolute Gasteiger partial charge is 0.480 e. The van der Waals surface area contributed by atoms with Crippen molar-refractivity contribution in [3.63, 3.8) is 0 Å². The highest BCUT2D eigenvalue weighted by molar-refractivity contribution is 5.83. The molecule has 0 saturated heterocycles. The molecule has 1 heterocycles. The monoisotopic (exact) mass is 276 g/mol. The molecule has 0 aliphatic carbocycles. The summed E-state index contributed by atoms with van der Waals surface area (Å²) >= 11 is 0. The summed E-state index contributed by atoms with van der Waals surface area (Å²) in [7, 11) is 0. The molecule has 5 nitrogen and oxygen atoms in total. The Morgan fingerprint density at radius 1 is 1.40 bits per heavy atom. The van der Waals surface area contributed by atoms with Crippen LogP contribution in [0.1, 0.15) is 25.0 Å². The number of aliphatic carboxylic acids is 1. The van der Waals surface area contributed by atoms with E-state index in [4.69, 9.17) is 0 Å². The van der Waals surface area contributed by atoms with Crippen LogP contribution in [0.5, 0.6) is 0 Å². The van der Waals surface area contributed by atoms with Gasteiger partial charge in [0.1, 0.15) is 6.04 Å². The van der Waals surface area contributed by atoms with E-state index in [1.54, 1.807) is 11.8 Å². The Bertz CT molecular complexity index is 516. The predicted molar refractivity (Wildman–Crippen MR) is 75.3 cm³/mol. The van der Waals surface area contributed by atoms with Crippen LogP contribution < -0.4 is 5.32 Å². The maximum Gasteiger partial charge on any atom is 0.321 e. The fourth-order valence-electron chi connectivity index (χ4n) is 2.65. The molecule has 2 atom stereocenters.